The summed E-state index contributed by atoms with van der Waals surface area (Å²) in [6, 6.07) is 10.7. The second kappa shape index (κ2) is 5.48. The lowest BCUT2D eigenvalue weighted by Gasteiger charge is -1.99. The van der Waals surface area contributed by atoms with E-state index in [1.165, 1.54) is 0 Å². The highest BCUT2D eigenvalue weighted by molar-refractivity contribution is 6.07. The zero-order chi connectivity index (χ0) is 15.7. The largest absolute Gasteiger partial charge is 0.449 e. The van der Waals surface area contributed by atoms with Crippen LogP contribution in [0.2, 0.25) is 0 Å². The van der Waals surface area contributed by atoms with E-state index in [4.69, 9.17) is 10.2 Å². The van der Waals surface area contributed by atoms with Crippen LogP contribution < -0.4 is 5.73 Å². The summed E-state index contributed by atoms with van der Waals surface area (Å²) in [5.41, 5.74) is 7.37. The third-order valence-electron chi connectivity index (χ3n) is 3.08. The van der Waals surface area contributed by atoms with E-state index in [1.54, 1.807) is 12.1 Å². The number of aliphatic imine (C=N–C) groups is 1. The normalized spacial score (nSPS) is 12.2. The van der Waals surface area contributed by atoms with Crippen LogP contribution in [-0.2, 0) is 0 Å². The van der Waals surface area contributed by atoms with Crippen LogP contribution in [0.1, 0.15) is 36.0 Å². The Morgan fingerprint density at radius 1 is 1.23 bits per heavy atom. The number of H-pyrrole nitrogens is 1. The van der Waals surface area contributed by atoms with E-state index >= 15 is 0 Å². The molecule has 6 heteroatoms. The predicted molar refractivity (Wildman–Crippen MR) is 84.1 cm³/mol. The number of amidine groups is 1. The van der Waals surface area contributed by atoms with Crippen molar-refractivity contribution in [2.45, 2.75) is 19.9 Å². The number of para-hydroxylation sites is 2. The van der Waals surface area contributed by atoms with Gasteiger partial charge in [0.15, 0.2) is 23.2 Å². The van der Waals surface area contributed by atoms with E-state index in [9.17, 15) is 4.79 Å². The van der Waals surface area contributed by atoms with Gasteiger partial charge in [0.1, 0.15) is 0 Å². The van der Waals surface area contributed by atoms with Crippen LogP contribution >= 0.6 is 0 Å². The Morgan fingerprint density at radius 3 is 2.68 bits per heavy atom. The van der Waals surface area contributed by atoms with Crippen molar-refractivity contribution in [3.8, 4) is 0 Å². The fourth-order valence-corrected chi connectivity index (χ4v) is 2.12. The quantitative estimate of drug-likeness (QED) is 0.439. The first-order valence-corrected chi connectivity index (χ1v) is 6.97. The molecule has 6 nitrogen and oxygen atoms in total. The highest BCUT2D eigenvalue weighted by atomic mass is 16.3. The highest BCUT2D eigenvalue weighted by Crippen LogP contribution is 2.16. The zero-order valence-electron chi connectivity index (χ0n) is 12.3. The Labute approximate surface area is 127 Å². The molecule has 0 unspecified atom stereocenters. The van der Waals surface area contributed by atoms with Crippen molar-refractivity contribution >= 4 is 22.7 Å². The van der Waals surface area contributed by atoms with Gasteiger partial charge in [-0.25, -0.2) is 4.98 Å². The first-order valence-electron chi connectivity index (χ1n) is 6.97. The molecule has 22 heavy (non-hydrogen) atoms. The number of nitrogens with one attached hydrogen (secondary N) is 1. The topological polar surface area (TPSA) is 97.3 Å². The number of rotatable bonds is 4. The van der Waals surface area contributed by atoms with Crippen LogP contribution in [0.3, 0.4) is 0 Å². The minimum absolute atomic E-state index is 0.0552. The number of ketones is 1. The van der Waals surface area contributed by atoms with Crippen molar-refractivity contribution in [3.05, 3.63) is 53.7 Å². The number of aromatic nitrogens is 2. The van der Waals surface area contributed by atoms with E-state index in [0.29, 0.717) is 5.76 Å². The van der Waals surface area contributed by atoms with Gasteiger partial charge in [-0.3, -0.25) is 9.79 Å². The van der Waals surface area contributed by atoms with Crippen molar-refractivity contribution in [1.29, 1.82) is 0 Å². The fraction of sp³-hybridized carbons (Fsp3) is 0.188. The molecule has 0 fully saturated rings. The number of hydrogen-bond acceptors (Lipinski definition) is 4. The third-order valence-corrected chi connectivity index (χ3v) is 3.08. The van der Waals surface area contributed by atoms with Crippen molar-refractivity contribution < 1.29 is 9.21 Å². The highest BCUT2D eigenvalue weighted by Gasteiger charge is 2.18. The fourth-order valence-electron chi connectivity index (χ4n) is 2.12. The number of imidazole rings is 1. The molecular formula is C16H16N4O2. The summed E-state index contributed by atoms with van der Waals surface area (Å²) < 4.78 is 5.49. The van der Waals surface area contributed by atoms with Gasteiger partial charge in [0, 0.05) is 6.04 Å². The van der Waals surface area contributed by atoms with Gasteiger partial charge in [0.25, 0.3) is 5.78 Å². The van der Waals surface area contributed by atoms with Crippen molar-refractivity contribution in [2.75, 3.05) is 0 Å². The van der Waals surface area contributed by atoms with E-state index in [-0.39, 0.29) is 29.2 Å². The molecule has 0 radical (unpaired) electrons. The molecule has 0 aliphatic rings. The summed E-state index contributed by atoms with van der Waals surface area (Å²) in [5, 5.41) is 0. The average molecular weight is 296 g/mol. The SMILES string of the molecule is CC(C)N=C(N)c1ccc(C(=O)c2nc3ccccc3[nH]2)o1. The second-order valence-electron chi connectivity index (χ2n) is 5.20. The van der Waals surface area contributed by atoms with Gasteiger partial charge in [-0.05, 0) is 38.1 Å². The van der Waals surface area contributed by atoms with Crippen LogP contribution in [0.25, 0.3) is 11.0 Å². The van der Waals surface area contributed by atoms with Crippen LogP contribution in [-0.4, -0.2) is 27.6 Å². The van der Waals surface area contributed by atoms with Crippen LogP contribution in [0.5, 0.6) is 0 Å². The first-order chi connectivity index (χ1) is 10.5. The molecular weight excluding hydrogens is 280 g/mol. The summed E-state index contributed by atoms with van der Waals surface area (Å²) in [6.45, 7) is 3.83. The Kier molecular flexibility index (Phi) is 3.50. The minimum Gasteiger partial charge on any atom is -0.449 e. The van der Waals surface area contributed by atoms with Crippen molar-refractivity contribution in [2.24, 2.45) is 10.7 Å². The van der Waals surface area contributed by atoms with Gasteiger partial charge in [-0.15, -0.1) is 0 Å². The maximum Gasteiger partial charge on any atom is 0.263 e. The Morgan fingerprint density at radius 2 is 1.95 bits per heavy atom. The average Bonchev–Trinajstić information content (AvgIpc) is 3.12. The zero-order valence-corrected chi connectivity index (χ0v) is 12.3. The summed E-state index contributed by atoms with van der Waals surface area (Å²) in [7, 11) is 0. The van der Waals surface area contributed by atoms with Gasteiger partial charge < -0.3 is 15.1 Å². The molecule has 2 aromatic heterocycles. The summed E-state index contributed by atoms with van der Waals surface area (Å²) in [6.07, 6.45) is 0. The lowest BCUT2D eigenvalue weighted by Crippen LogP contribution is -2.14. The molecule has 1 aromatic carbocycles. The lowest BCUT2D eigenvalue weighted by molar-refractivity contribution is 0.100. The second-order valence-corrected chi connectivity index (χ2v) is 5.20. The molecule has 3 aromatic rings. The predicted octanol–water partition coefficient (Wildman–Crippen LogP) is 2.50. The van der Waals surface area contributed by atoms with Crippen molar-refractivity contribution in [1.82, 2.24) is 9.97 Å². The number of carbonyl (C=O) groups is 1. The molecule has 0 saturated carbocycles. The minimum atomic E-state index is -0.320. The monoisotopic (exact) mass is 296 g/mol. The van der Waals surface area contributed by atoms with Crippen LogP contribution in [0, 0.1) is 0 Å². The first kappa shape index (κ1) is 14.1. The van der Waals surface area contributed by atoms with Gasteiger partial charge >= 0.3 is 0 Å². The molecule has 112 valence electrons. The Balaban J connectivity index is 1.91. The molecule has 0 atom stereocenters. The van der Waals surface area contributed by atoms with Gasteiger partial charge in [0.2, 0.25) is 0 Å². The number of benzene rings is 1. The number of nitrogens with two attached hydrogens (primary N) is 1. The maximum absolute atomic E-state index is 12.4. The Bertz CT molecular complexity index is 825. The van der Waals surface area contributed by atoms with E-state index < -0.39 is 0 Å². The number of aromatic amines is 1. The van der Waals surface area contributed by atoms with Crippen molar-refractivity contribution in [3.63, 3.8) is 0 Å². The van der Waals surface area contributed by atoms with Gasteiger partial charge in [-0.1, -0.05) is 12.1 Å². The van der Waals surface area contributed by atoms with Gasteiger partial charge in [-0.2, -0.15) is 0 Å². The molecule has 0 amide bonds. The summed E-state index contributed by atoms with van der Waals surface area (Å²) in [4.78, 5) is 23.8. The smallest absolute Gasteiger partial charge is 0.263 e. The summed E-state index contributed by atoms with van der Waals surface area (Å²) >= 11 is 0. The number of carbonyl (C=O) groups excluding carboxylic acids is 1. The number of nitrogens with zero attached hydrogens (tertiary/aromatic N) is 2. The lowest BCUT2D eigenvalue weighted by atomic mass is 10.3. The van der Waals surface area contributed by atoms with Gasteiger partial charge in [0.05, 0.1) is 11.0 Å². The Hall–Kier alpha value is -2.89. The maximum atomic E-state index is 12.4. The molecule has 0 spiro atoms. The molecule has 0 bridgehead atoms. The molecule has 3 N–H and O–H groups in total. The molecule has 0 saturated heterocycles. The molecule has 0 aliphatic carbocycles. The van der Waals surface area contributed by atoms with E-state index in [1.807, 2.05) is 38.1 Å². The molecule has 0 aliphatic heterocycles. The van der Waals surface area contributed by atoms with E-state index in [2.05, 4.69) is 15.0 Å². The van der Waals surface area contributed by atoms with Crippen LogP contribution in [0.4, 0.5) is 0 Å². The summed E-state index contributed by atoms with van der Waals surface area (Å²) in [5.74, 6) is 0.754. The third kappa shape index (κ3) is 2.63. The molecule has 2 heterocycles. The number of furan rings is 1. The van der Waals surface area contributed by atoms with Crippen LogP contribution in [0.15, 0.2) is 45.8 Å². The standard InChI is InChI=1S/C16H16N4O2/c1-9(2)18-15(17)13-8-7-12(22-13)14(21)16-19-10-5-3-4-6-11(10)20-16/h3-9H,1-2H3,(H2,17,18)(H,19,20). The van der Waals surface area contributed by atoms with E-state index in [0.717, 1.165) is 11.0 Å². The number of fused-ring (bicyclic) bond motifs is 1. The molecule has 3 rings (SSSR count). The number of hydrogen-bond donors (Lipinski definition) is 2.